The SMILES string of the molecule is CCOOc1ccc(/C=C/C(=O)/C=C/c2ccc(C)cc2)cc1. The van der Waals surface area contributed by atoms with Crippen LogP contribution < -0.4 is 4.89 Å². The fourth-order valence-corrected chi connectivity index (χ4v) is 1.85. The highest BCUT2D eigenvalue weighted by molar-refractivity contribution is 6.04. The molecule has 0 amide bonds. The van der Waals surface area contributed by atoms with E-state index in [1.807, 2.05) is 56.3 Å². The van der Waals surface area contributed by atoms with Crippen molar-refractivity contribution < 1.29 is 14.6 Å². The summed E-state index contributed by atoms with van der Waals surface area (Å²) >= 11 is 0. The Morgan fingerprint density at radius 2 is 1.43 bits per heavy atom. The van der Waals surface area contributed by atoms with Crippen LogP contribution in [0.3, 0.4) is 0 Å². The standard InChI is InChI=1S/C20H20O3/c1-3-22-23-20-14-10-18(11-15-20)9-13-19(21)12-8-17-6-4-16(2)5-7-17/h4-15H,3H2,1-2H3/b12-8+,13-9+. The van der Waals surface area contributed by atoms with E-state index in [0.717, 1.165) is 11.1 Å². The summed E-state index contributed by atoms with van der Waals surface area (Å²) in [4.78, 5) is 21.7. The molecule has 0 aliphatic rings. The maximum atomic E-state index is 11.8. The van der Waals surface area contributed by atoms with Crippen LogP contribution >= 0.6 is 0 Å². The number of aryl methyl sites for hydroxylation is 1. The molecule has 2 aromatic carbocycles. The second kappa shape index (κ2) is 8.71. The molecule has 0 bridgehead atoms. The largest absolute Gasteiger partial charge is 0.338 e. The van der Waals surface area contributed by atoms with E-state index in [4.69, 9.17) is 9.78 Å². The normalized spacial score (nSPS) is 11.2. The Bertz CT molecular complexity index is 680. The molecule has 0 atom stereocenters. The zero-order chi connectivity index (χ0) is 16.5. The van der Waals surface area contributed by atoms with Crippen molar-refractivity contribution in [2.75, 3.05) is 6.61 Å². The molecule has 0 heterocycles. The number of ketones is 1. The van der Waals surface area contributed by atoms with Gasteiger partial charge >= 0.3 is 0 Å². The monoisotopic (exact) mass is 308 g/mol. The summed E-state index contributed by atoms with van der Waals surface area (Å²) in [5, 5.41) is 0. The molecule has 3 nitrogen and oxygen atoms in total. The van der Waals surface area contributed by atoms with Gasteiger partial charge in [-0.05, 0) is 49.3 Å². The van der Waals surface area contributed by atoms with E-state index >= 15 is 0 Å². The first kappa shape index (κ1) is 16.7. The zero-order valence-electron chi connectivity index (χ0n) is 13.4. The molecule has 0 saturated heterocycles. The quantitative estimate of drug-likeness (QED) is 0.425. The molecule has 0 radical (unpaired) electrons. The van der Waals surface area contributed by atoms with E-state index in [0.29, 0.717) is 12.4 Å². The number of hydrogen-bond acceptors (Lipinski definition) is 3. The Morgan fingerprint density at radius 3 is 1.96 bits per heavy atom. The van der Waals surface area contributed by atoms with Crippen LogP contribution in [0.25, 0.3) is 12.2 Å². The van der Waals surface area contributed by atoms with E-state index in [2.05, 4.69) is 0 Å². The van der Waals surface area contributed by atoms with Gasteiger partial charge in [0.15, 0.2) is 11.5 Å². The average Bonchev–Trinajstić information content (AvgIpc) is 2.58. The molecule has 0 N–H and O–H groups in total. The molecule has 0 aliphatic heterocycles. The predicted molar refractivity (Wildman–Crippen MR) is 93.0 cm³/mol. The Labute approximate surface area is 136 Å². The Kier molecular flexibility index (Phi) is 6.33. The Balaban J connectivity index is 1.91. The van der Waals surface area contributed by atoms with Gasteiger partial charge in [0.1, 0.15) is 0 Å². The lowest BCUT2D eigenvalue weighted by Gasteiger charge is -2.02. The van der Waals surface area contributed by atoms with E-state index in [1.165, 1.54) is 5.56 Å². The molecule has 2 aromatic rings. The van der Waals surface area contributed by atoms with Crippen LogP contribution in [-0.4, -0.2) is 12.4 Å². The van der Waals surface area contributed by atoms with E-state index in [9.17, 15) is 4.79 Å². The van der Waals surface area contributed by atoms with Gasteiger partial charge in [0.2, 0.25) is 0 Å². The number of carbonyl (C=O) groups excluding carboxylic acids is 1. The lowest BCUT2D eigenvalue weighted by Crippen LogP contribution is -1.95. The maximum Gasteiger partial charge on any atom is 0.178 e. The van der Waals surface area contributed by atoms with Gasteiger partial charge in [0.05, 0.1) is 6.61 Å². The average molecular weight is 308 g/mol. The summed E-state index contributed by atoms with van der Waals surface area (Å²) in [5.74, 6) is 0.579. The van der Waals surface area contributed by atoms with Gasteiger partial charge in [-0.25, -0.2) is 0 Å². The number of allylic oxidation sites excluding steroid dienone is 2. The third-order valence-corrected chi connectivity index (χ3v) is 3.11. The molecule has 0 fully saturated rings. The number of hydrogen-bond donors (Lipinski definition) is 0. The van der Waals surface area contributed by atoms with Gasteiger partial charge in [0.25, 0.3) is 0 Å². The number of carbonyl (C=O) groups is 1. The fourth-order valence-electron chi connectivity index (χ4n) is 1.85. The molecular formula is C20H20O3. The molecule has 0 saturated carbocycles. The van der Waals surface area contributed by atoms with Crippen LogP contribution in [0.15, 0.2) is 60.7 Å². The Morgan fingerprint density at radius 1 is 0.913 bits per heavy atom. The summed E-state index contributed by atoms with van der Waals surface area (Å²) in [6.07, 6.45) is 6.69. The molecule has 118 valence electrons. The first-order chi connectivity index (χ1) is 11.2. The minimum Gasteiger partial charge on any atom is -0.338 e. The van der Waals surface area contributed by atoms with Crippen LogP contribution in [0, 0.1) is 6.92 Å². The Hall–Kier alpha value is -2.65. The van der Waals surface area contributed by atoms with Gasteiger partial charge in [0, 0.05) is 0 Å². The van der Waals surface area contributed by atoms with E-state index in [-0.39, 0.29) is 5.78 Å². The van der Waals surface area contributed by atoms with Gasteiger partial charge in [-0.2, -0.15) is 4.89 Å². The maximum absolute atomic E-state index is 11.8. The first-order valence-corrected chi connectivity index (χ1v) is 7.53. The van der Waals surface area contributed by atoms with Gasteiger partial charge in [-0.15, -0.1) is 0 Å². The topological polar surface area (TPSA) is 35.5 Å². The van der Waals surface area contributed by atoms with Crippen LogP contribution in [-0.2, 0) is 9.68 Å². The van der Waals surface area contributed by atoms with Crippen molar-refractivity contribution >= 4 is 17.9 Å². The highest BCUT2D eigenvalue weighted by Gasteiger charge is 1.95. The highest BCUT2D eigenvalue weighted by atomic mass is 17.2. The smallest absolute Gasteiger partial charge is 0.178 e. The summed E-state index contributed by atoms with van der Waals surface area (Å²) in [7, 11) is 0. The number of rotatable bonds is 7. The fraction of sp³-hybridized carbons (Fsp3) is 0.150. The van der Waals surface area contributed by atoms with Crippen LogP contribution in [0.5, 0.6) is 5.75 Å². The van der Waals surface area contributed by atoms with Gasteiger partial charge < -0.3 is 4.89 Å². The van der Waals surface area contributed by atoms with Gasteiger partial charge in [-0.3, -0.25) is 4.79 Å². The van der Waals surface area contributed by atoms with Crippen molar-refractivity contribution in [3.8, 4) is 5.75 Å². The molecule has 23 heavy (non-hydrogen) atoms. The summed E-state index contributed by atoms with van der Waals surface area (Å²) in [5.41, 5.74) is 3.13. The van der Waals surface area contributed by atoms with Crippen LogP contribution in [0.1, 0.15) is 23.6 Å². The molecule has 0 aliphatic carbocycles. The third kappa shape index (κ3) is 5.93. The molecule has 3 heteroatoms. The lowest BCUT2D eigenvalue weighted by molar-refractivity contribution is -0.202. The van der Waals surface area contributed by atoms with Crippen molar-refractivity contribution in [2.45, 2.75) is 13.8 Å². The second-order valence-corrected chi connectivity index (χ2v) is 5.04. The molecule has 0 spiro atoms. The molecule has 2 rings (SSSR count). The lowest BCUT2D eigenvalue weighted by atomic mass is 10.1. The molecule has 0 aromatic heterocycles. The minimum absolute atomic E-state index is 0.0554. The van der Waals surface area contributed by atoms with Crippen LogP contribution in [0.2, 0.25) is 0 Å². The minimum atomic E-state index is -0.0554. The molecule has 0 unspecified atom stereocenters. The summed E-state index contributed by atoms with van der Waals surface area (Å²) in [6, 6.07) is 15.3. The van der Waals surface area contributed by atoms with Crippen molar-refractivity contribution in [1.29, 1.82) is 0 Å². The van der Waals surface area contributed by atoms with Crippen LogP contribution in [0.4, 0.5) is 0 Å². The highest BCUT2D eigenvalue weighted by Crippen LogP contribution is 2.13. The second-order valence-electron chi connectivity index (χ2n) is 5.04. The van der Waals surface area contributed by atoms with Crippen molar-refractivity contribution in [3.05, 3.63) is 77.4 Å². The van der Waals surface area contributed by atoms with Crippen molar-refractivity contribution in [2.24, 2.45) is 0 Å². The van der Waals surface area contributed by atoms with E-state index < -0.39 is 0 Å². The summed E-state index contributed by atoms with van der Waals surface area (Å²) < 4.78 is 0. The van der Waals surface area contributed by atoms with Crippen molar-refractivity contribution in [3.63, 3.8) is 0 Å². The molecular weight excluding hydrogens is 288 g/mol. The predicted octanol–water partition coefficient (Wildman–Crippen LogP) is 4.62. The number of benzene rings is 2. The van der Waals surface area contributed by atoms with E-state index in [1.54, 1.807) is 30.4 Å². The third-order valence-electron chi connectivity index (χ3n) is 3.11. The summed E-state index contributed by atoms with van der Waals surface area (Å²) in [6.45, 7) is 4.38. The zero-order valence-corrected chi connectivity index (χ0v) is 13.4. The van der Waals surface area contributed by atoms with Crippen molar-refractivity contribution in [1.82, 2.24) is 0 Å². The first-order valence-electron chi connectivity index (χ1n) is 7.53. The van der Waals surface area contributed by atoms with Gasteiger partial charge in [-0.1, -0.05) is 54.1 Å².